The lowest BCUT2D eigenvalue weighted by Crippen LogP contribution is -2.04. The van der Waals surface area contributed by atoms with Crippen LogP contribution in [0.5, 0.6) is 0 Å². The molecule has 1 radical (unpaired) electrons. The monoisotopic (exact) mass is 157 g/mol. The zero-order valence-electron chi connectivity index (χ0n) is 7.27. The summed E-state index contributed by atoms with van der Waals surface area (Å²) in [5, 5.41) is 0. The molecule has 0 heterocycles. The van der Waals surface area contributed by atoms with Crippen LogP contribution in [0.25, 0.3) is 0 Å². The zero-order valence-corrected chi connectivity index (χ0v) is 7.27. The summed E-state index contributed by atoms with van der Waals surface area (Å²) in [5.74, 6) is -0.0692. The summed E-state index contributed by atoms with van der Waals surface area (Å²) in [6.45, 7) is 6.24. The van der Waals surface area contributed by atoms with Gasteiger partial charge in [-0.1, -0.05) is 26.7 Å². The molecule has 0 N–H and O–H groups in total. The molecule has 0 fully saturated rings. The van der Waals surface area contributed by atoms with Gasteiger partial charge in [-0.2, -0.15) is 0 Å². The number of carbonyl (C=O) groups excluding carboxylic acids is 1. The smallest absolute Gasteiger partial charge is 0.305 e. The first-order chi connectivity index (χ1) is 5.31. The second-order valence-corrected chi connectivity index (χ2v) is 2.53. The van der Waals surface area contributed by atoms with Crippen LogP contribution in [0.2, 0.25) is 0 Å². The van der Waals surface area contributed by atoms with E-state index in [0.717, 1.165) is 25.7 Å². The SMILES string of the molecule is [CH2]CCCCC(=O)OCCC. The minimum absolute atomic E-state index is 0.0692. The van der Waals surface area contributed by atoms with Crippen LogP contribution in [-0.4, -0.2) is 12.6 Å². The van der Waals surface area contributed by atoms with Crippen LogP contribution in [0.1, 0.15) is 39.0 Å². The van der Waals surface area contributed by atoms with Crippen molar-refractivity contribution >= 4 is 5.97 Å². The zero-order chi connectivity index (χ0) is 8.53. The number of hydrogen-bond donors (Lipinski definition) is 0. The summed E-state index contributed by atoms with van der Waals surface area (Å²) in [4.78, 5) is 10.8. The summed E-state index contributed by atoms with van der Waals surface area (Å²) >= 11 is 0. The molecule has 65 valence electrons. The van der Waals surface area contributed by atoms with E-state index in [4.69, 9.17) is 4.74 Å². The molecule has 0 atom stereocenters. The molecular weight excluding hydrogens is 140 g/mol. The molecule has 2 heteroatoms. The van der Waals surface area contributed by atoms with Crippen LogP contribution in [0.4, 0.5) is 0 Å². The van der Waals surface area contributed by atoms with Gasteiger partial charge in [0.1, 0.15) is 0 Å². The topological polar surface area (TPSA) is 26.3 Å². The Morgan fingerprint density at radius 2 is 2.18 bits per heavy atom. The number of carbonyl (C=O) groups is 1. The maximum atomic E-state index is 10.8. The maximum absolute atomic E-state index is 10.8. The second-order valence-electron chi connectivity index (χ2n) is 2.53. The molecule has 0 rings (SSSR count). The number of unbranched alkanes of at least 4 members (excludes halogenated alkanes) is 2. The number of rotatable bonds is 6. The fraction of sp³-hybridized carbons (Fsp3) is 0.778. The predicted octanol–water partition coefficient (Wildman–Crippen LogP) is 2.33. The normalized spacial score (nSPS) is 9.64. The van der Waals surface area contributed by atoms with Gasteiger partial charge in [0.25, 0.3) is 0 Å². The molecule has 0 amide bonds. The largest absolute Gasteiger partial charge is 0.466 e. The van der Waals surface area contributed by atoms with Gasteiger partial charge in [0.05, 0.1) is 6.61 Å². The Morgan fingerprint density at radius 3 is 2.73 bits per heavy atom. The van der Waals surface area contributed by atoms with Crippen molar-refractivity contribution in [3.05, 3.63) is 6.92 Å². The molecule has 0 aliphatic rings. The number of esters is 1. The molecule has 0 saturated carbocycles. The fourth-order valence-electron chi connectivity index (χ4n) is 0.734. The van der Waals surface area contributed by atoms with E-state index in [-0.39, 0.29) is 5.97 Å². The molecule has 0 aromatic heterocycles. The Hall–Kier alpha value is -0.530. The van der Waals surface area contributed by atoms with Gasteiger partial charge in [0.15, 0.2) is 0 Å². The summed E-state index contributed by atoms with van der Waals surface area (Å²) in [7, 11) is 0. The van der Waals surface area contributed by atoms with Crippen LogP contribution < -0.4 is 0 Å². The molecule has 0 unspecified atom stereocenters. The molecule has 0 bridgehead atoms. The van der Waals surface area contributed by atoms with E-state index in [1.165, 1.54) is 0 Å². The molecule has 0 spiro atoms. The number of ether oxygens (including phenoxy) is 1. The van der Waals surface area contributed by atoms with Crippen LogP contribution in [0.15, 0.2) is 0 Å². The van der Waals surface area contributed by atoms with Gasteiger partial charge in [-0.25, -0.2) is 0 Å². The molecule has 0 aromatic carbocycles. The third-order valence-electron chi connectivity index (χ3n) is 1.35. The molecule has 0 aliphatic carbocycles. The molecule has 11 heavy (non-hydrogen) atoms. The predicted molar refractivity (Wildman–Crippen MR) is 45.1 cm³/mol. The average Bonchev–Trinajstić information content (AvgIpc) is 2.01. The Balaban J connectivity index is 3.09. The molecule has 0 saturated heterocycles. The Morgan fingerprint density at radius 1 is 1.45 bits per heavy atom. The average molecular weight is 157 g/mol. The van der Waals surface area contributed by atoms with E-state index < -0.39 is 0 Å². The van der Waals surface area contributed by atoms with E-state index >= 15 is 0 Å². The lowest BCUT2D eigenvalue weighted by Gasteiger charge is -2.01. The van der Waals surface area contributed by atoms with Crippen molar-refractivity contribution in [1.82, 2.24) is 0 Å². The van der Waals surface area contributed by atoms with E-state index in [9.17, 15) is 4.79 Å². The lowest BCUT2D eigenvalue weighted by atomic mass is 10.2. The van der Waals surface area contributed by atoms with E-state index in [0.29, 0.717) is 13.0 Å². The highest BCUT2D eigenvalue weighted by Crippen LogP contribution is 2.00. The maximum Gasteiger partial charge on any atom is 0.305 e. The van der Waals surface area contributed by atoms with Crippen molar-refractivity contribution in [3.63, 3.8) is 0 Å². The third kappa shape index (κ3) is 7.37. The van der Waals surface area contributed by atoms with Crippen molar-refractivity contribution in [3.8, 4) is 0 Å². The highest BCUT2D eigenvalue weighted by Gasteiger charge is 1.99. The van der Waals surface area contributed by atoms with Crippen LogP contribution in [0, 0.1) is 6.92 Å². The van der Waals surface area contributed by atoms with Gasteiger partial charge in [-0.3, -0.25) is 4.79 Å². The van der Waals surface area contributed by atoms with Gasteiger partial charge < -0.3 is 4.74 Å². The van der Waals surface area contributed by atoms with Crippen molar-refractivity contribution in [2.24, 2.45) is 0 Å². The van der Waals surface area contributed by atoms with Crippen LogP contribution in [-0.2, 0) is 9.53 Å². The lowest BCUT2D eigenvalue weighted by molar-refractivity contribution is -0.143. The highest BCUT2D eigenvalue weighted by molar-refractivity contribution is 5.69. The third-order valence-corrected chi connectivity index (χ3v) is 1.35. The molecule has 0 aliphatic heterocycles. The first-order valence-electron chi connectivity index (χ1n) is 4.26. The highest BCUT2D eigenvalue weighted by atomic mass is 16.5. The Labute approximate surface area is 68.9 Å². The van der Waals surface area contributed by atoms with Gasteiger partial charge >= 0.3 is 5.97 Å². The Kier molecular flexibility index (Phi) is 7.21. The summed E-state index contributed by atoms with van der Waals surface area (Å²) in [5.41, 5.74) is 0. The first-order valence-corrected chi connectivity index (χ1v) is 4.26. The summed E-state index contributed by atoms with van der Waals surface area (Å²) < 4.78 is 4.88. The van der Waals surface area contributed by atoms with Gasteiger partial charge in [-0.05, 0) is 12.8 Å². The van der Waals surface area contributed by atoms with E-state index in [1.54, 1.807) is 0 Å². The molecular formula is C9H17O2. The quantitative estimate of drug-likeness (QED) is 0.437. The van der Waals surface area contributed by atoms with Crippen LogP contribution >= 0.6 is 0 Å². The first kappa shape index (κ1) is 10.5. The minimum Gasteiger partial charge on any atom is -0.466 e. The number of hydrogen-bond acceptors (Lipinski definition) is 2. The van der Waals surface area contributed by atoms with Crippen molar-refractivity contribution in [1.29, 1.82) is 0 Å². The van der Waals surface area contributed by atoms with Gasteiger partial charge in [0.2, 0.25) is 0 Å². The van der Waals surface area contributed by atoms with E-state index in [1.807, 2.05) is 6.92 Å². The van der Waals surface area contributed by atoms with Crippen molar-refractivity contribution in [2.75, 3.05) is 6.61 Å². The molecule has 2 nitrogen and oxygen atoms in total. The molecule has 0 aromatic rings. The van der Waals surface area contributed by atoms with Crippen molar-refractivity contribution < 1.29 is 9.53 Å². The summed E-state index contributed by atoms with van der Waals surface area (Å²) in [6.07, 6.45) is 4.28. The standard InChI is InChI=1S/C9H17O2/c1-3-5-6-7-9(10)11-8-4-2/h1,3-8H2,2H3. The van der Waals surface area contributed by atoms with Gasteiger partial charge in [-0.15, -0.1) is 0 Å². The fourth-order valence-corrected chi connectivity index (χ4v) is 0.734. The van der Waals surface area contributed by atoms with Crippen LogP contribution in [0.3, 0.4) is 0 Å². The minimum atomic E-state index is -0.0692. The second kappa shape index (κ2) is 7.58. The Bertz CT molecular complexity index is 99.7. The van der Waals surface area contributed by atoms with Crippen molar-refractivity contribution in [2.45, 2.75) is 39.0 Å². The summed E-state index contributed by atoms with van der Waals surface area (Å²) in [6, 6.07) is 0. The van der Waals surface area contributed by atoms with Gasteiger partial charge in [0, 0.05) is 6.42 Å². The van der Waals surface area contributed by atoms with E-state index in [2.05, 4.69) is 6.92 Å².